The maximum absolute atomic E-state index is 12.5. The molecule has 2 N–H and O–H groups in total. The van der Waals surface area contributed by atoms with Crippen molar-refractivity contribution < 1.29 is 4.79 Å². The van der Waals surface area contributed by atoms with E-state index in [1.54, 1.807) is 0 Å². The Labute approximate surface area is 122 Å². The minimum atomic E-state index is -0.0350. The molecule has 1 aromatic carbocycles. The number of nitrogens with one attached hydrogen (secondary N) is 2. The molecule has 1 amide bonds. The monoisotopic (exact) mass is 274 g/mol. The average molecular weight is 274 g/mol. The van der Waals surface area contributed by atoms with Crippen LogP contribution in [0, 0.1) is 0 Å². The standard InChI is InChI=1S/C17H26N2O/c1-3-5-9-13(8-4-2)19-17(20)15-12-18-16-11-7-6-10-14(15)16/h6-7,10-11,13,15,18H,3-5,8-9,12H2,1-2H3,(H,19,20). The van der Waals surface area contributed by atoms with Crippen molar-refractivity contribution in [3.05, 3.63) is 29.8 Å². The van der Waals surface area contributed by atoms with Gasteiger partial charge in [0.05, 0.1) is 5.92 Å². The van der Waals surface area contributed by atoms with Crippen LogP contribution in [0.4, 0.5) is 5.69 Å². The van der Waals surface area contributed by atoms with Crippen molar-refractivity contribution >= 4 is 11.6 Å². The Morgan fingerprint density at radius 3 is 2.85 bits per heavy atom. The molecule has 0 fully saturated rings. The molecule has 1 aliphatic heterocycles. The third-order valence-corrected chi connectivity index (χ3v) is 4.04. The van der Waals surface area contributed by atoms with Crippen LogP contribution in [0.5, 0.6) is 0 Å². The van der Waals surface area contributed by atoms with E-state index in [1.807, 2.05) is 18.2 Å². The molecule has 2 unspecified atom stereocenters. The highest BCUT2D eigenvalue weighted by Gasteiger charge is 2.29. The Balaban J connectivity index is 1.97. The summed E-state index contributed by atoms with van der Waals surface area (Å²) in [6.07, 6.45) is 5.66. The molecule has 0 saturated carbocycles. The van der Waals surface area contributed by atoms with Gasteiger partial charge in [-0.05, 0) is 24.5 Å². The van der Waals surface area contributed by atoms with Gasteiger partial charge in [0.25, 0.3) is 0 Å². The number of hydrogen-bond donors (Lipinski definition) is 2. The van der Waals surface area contributed by atoms with Crippen molar-refractivity contribution in [3.8, 4) is 0 Å². The van der Waals surface area contributed by atoms with E-state index in [0.717, 1.165) is 37.1 Å². The van der Waals surface area contributed by atoms with E-state index < -0.39 is 0 Å². The van der Waals surface area contributed by atoms with Gasteiger partial charge in [0.15, 0.2) is 0 Å². The highest BCUT2D eigenvalue weighted by molar-refractivity contribution is 5.88. The highest BCUT2D eigenvalue weighted by atomic mass is 16.2. The van der Waals surface area contributed by atoms with Gasteiger partial charge in [0, 0.05) is 18.3 Å². The predicted octanol–water partition coefficient (Wildman–Crippen LogP) is 3.67. The minimum Gasteiger partial charge on any atom is -0.384 e. The minimum absolute atomic E-state index is 0.0350. The first kappa shape index (κ1) is 14.9. The summed E-state index contributed by atoms with van der Waals surface area (Å²) in [6, 6.07) is 8.45. The van der Waals surface area contributed by atoms with Gasteiger partial charge in [0.2, 0.25) is 5.91 Å². The number of carbonyl (C=O) groups is 1. The zero-order chi connectivity index (χ0) is 14.4. The molecule has 0 aromatic heterocycles. The van der Waals surface area contributed by atoms with E-state index in [2.05, 4.69) is 30.5 Å². The Hall–Kier alpha value is -1.51. The van der Waals surface area contributed by atoms with Gasteiger partial charge < -0.3 is 10.6 Å². The molecule has 20 heavy (non-hydrogen) atoms. The Morgan fingerprint density at radius 1 is 1.30 bits per heavy atom. The summed E-state index contributed by atoms with van der Waals surface area (Å²) in [7, 11) is 0. The first-order chi connectivity index (χ1) is 9.76. The van der Waals surface area contributed by atoms with Crippen LogP contribution < -0.4 is 10.6 Å². The van der Waals surface area contributed by atoms with Crippen LogP contribution in [0.25, 0.3) is 0 Å². The fourth-order valence-corrected chi connectivity index (χ4v) is 2.91. The second kappa shape index (κ2) is 7.32. The van der Waals surface area contributed by atoms with Crippen LogP contribution in [0.1, 0.15) is 57.4 Å². The van der Waals surface area contributed by atoms with Crippen LogP contribution in [0.15, 0.2) is 24.3 Å². The van der Waals surface area contributed by atoms with Crippen molar-refractivity contribution in [2.75, 3.05) is 11.9 Å². The summed E-state index contributed by atoms with van der Waals surface area (Å²) in [5, 5.41) is 6.58. The van der Waals surface area contributed by atoms with Crippen LogP contribution in [-0.4, -0.2) is 18.5 Å². The van der Waals surface area contributed by atoms with E-state index in [1.165, 1.54) is 12.8 Å². The van der Waals surface area contributed by atoms with Gasteiger partial charge in [-0.2, -0.15) is 0 Å². The van der Waals surface area contributed by atoms with E-state index in [0.29, 0.717) is 6.04 Å². The molecule has 0 radical (unpaired) electrons. The molecule has 0 saturated heterocycles. The second-order valence-corrected chi connectivity index (χ2v) is 5.66. The van der Waals surface area contributed by atoms with Gasteiger partial charge in [-0.1, -0.05) is 51.3 Å². The summed E-state index contributed by atoms with van der Waals surface area (Å²) >= 11 is 0. The molecular weight excluding hydrogens is 248 g/mol. The number of carbonyl (C=O) groups excluding carboxylic acids is 1. The van der Waals surface area contributed by atoms with Crippen molar-refractivity contribution in [1.82, 2.24) is 5.32 Å². The number of unbranched alkanes of at least 4 members (excludes halogenated alkanes) is 1. The summed E-state index contributed by atoms with van der Waals surface area (Å²) in [4.78, 5) is 12.5. The van der Waals surface area contributed by atoms with Crippen LogP contribution in [0.2, 0.25) is 0 Å². The summed E-state index contributed by atoms with van der Waals surface area (Å²) < 4.78 is 0. The molecule has 3 heteroatoms. The SMILES string of the molecule is CCCCC(CCC)NC(=O)C1CNc2ccccc21. The third kappa shape index (κ3) is 3.53. The highest BCUT2D eigenvalue weighted by Crippen LogP contribution is 2.31. The van der Waals surface area contributed by atoms with Gasteiger partial charge in [-0.3, -0.25) is 4.79 Å². The zero-order valence-electron chi connectivity index (χ0n) is 12.6. The number of benzene rings is 1. The average Bonchev–Trinajstić information content (AvgIpc) is 2.89. The Kier molecular flexibility index (Phi) is 5.45. The van der Waals surface area contributed by atoms with E-state index in [-0.39, 0.29) is 11.8 Å². The molecule has 1 heterocycles. The molecule has 3 nitrogen and oxygen atoms in total. The van der Waals surface area contributed by atoms with Crippen molar-refractivity contribution in [2.45, 2.75) is 57.9 Å². The maximum Gasteiger partial charge on any atom is 0.229 e. The first-order valence-corrected chi connectivity index (χ1v) is 7.89. The lowest BCUT2D eigenvalue weighted by Crippen LogP contribution is -2.38. The topological polar surface area (TPSA) is 41.1 Å². The molecule has 2 rings (SSSR count). The Morgan fingerprint density at radius 2 is 2.10 bits per heavy atom. The summed E-state index contributed by atoms with van der Waals surface area (Å²) in [5.74, 6) is 0.143. The van der Waals surface area contributed by atoms with Gasteiger partial charge >= 0.3 is 0 Å². The molecular formula is C17H26N2O. The Bertz CT molecular complexity index is 444. The largest absolute Gasteiger partial charge is 0.384 e. The maximum atomic E-state index is 12.5. The second-order valence-electron chi connectivity index (χ2n) is 5.66. The quantitative estimate of drug-likeness (QED) is 0.796. The number of para-hydroxylation sites is 1. The molecule has 1 aliphatic rings. The number of amides is 1. The van der Waals surface area contributed by atoms with Crippen LogP contribution in [0.3, 0.4) is 0 Å². The van der Waals surface area contributed by atoms with Crippen LogP contribution in [-0.2, 0) is 4.79 Å². The van der Waals surface area contributed by atoms with Crippen molar-refractivity contribution in [1.29, 1.82) is 0 Å². The lowest BCUT2D eigenvalue weighted by Gasteiger charge is -2.20. The molecule has 2 atom stereocenters. The smallest absolute Gasteiger partial charge is 0.229 e. The fraction of sp³-hybridized carbons (Fsp3) is 0.588. The van der Waals surface area contributed by atoms with E-state index in [9.17, 15) is 4.79 Å². The first-order valence-electron chi connectivity index (χ1n) is 7.89. The number of hydrogen-bond acceptors (Lipinski definition) is 2. The van der Waals surface area contributed by atoms with E-state index in [4.69, 9.17) is 0 Å². The van der Waals surface area contributed by atoms with Crippen molar-refractivity contribution in [2.24, 2.45) is 0 Å². The normalized spacial score (nSPS) is 18.2. The van der Waals surface area contributed by atoms with E-state index >= 15 is 0 Å². The summed E-state index contributed by atoms with van der Waals surface area (Å²) in [6.45, 7) is 5.09. The molecule has 0 aliphatic carbocycles. The van der Waals surface area contributed by atoms with Gasteiger partial charge in [-0.25, -0.2) is 0 Å². The van der Waals surface area contributed by atoms with Crippen LogP contribution >= 0.6 is 0 Å². The predicted molar refractivity (Wildman–Crippen MR) is 84.0 cm³/mol. The number of anilines is 1. The lowest BCUT2D eigenvalue weighted by molar-refractivity contribution is -0.123. The number of fused-ring (bicyclic) bond motifs is 1. The fourth-order valence-electron chi connectivity index (χ4n) is 2.91. The lowest BCUT2D eigenvalue weighted by atomic mass is 9.98. The third-order valence-electron chi connectivity index (χ3n) is 4.04. The molecule has 110 valence electrons. The van der Waals surface area contributed by atoms with Gasteiger partial charge in [-0.15, -0.1) is 0 Å². The molecule has 0 spiro atoms. The molecule has 1 aromatic rings. The molecule has 0 bridgehead atoms. The zero-order valence-corrected chi connectivity index (χ0v) is 12.6. The van der Waals surface area contributed by atoms with Crippen molar-refractivity contribution in [3.63, 3.8) is 0 Å². The number of rotatable bonds is 7. The summed E-state index contributed by atoms with van der Waals surface area (Å²) in [5.41, 5.74) is 2.24. The van der Waals surface area contributed by atoms with Gasteiger partial charge in [0.1, 0.15) is 0 Å².